The van der Waals surface area contributed by atoms with Crippen LogP contribution in [0, 0.1) is 5.95 Å². The van der Waals surface area contributed by atoms with E-state index in [0.717, 1.165) is 0 Å². The van der Waals surface area contributed by atoms with Gasteiger partial charge in [0.05, 0.1) is 5.69 Å². The van der Waals surface area contributed by atoms with E-state index < -0.39 is 18.0 Å². The van der Waals surface area contributed by atoms with Gasteiger partial charge in [0.15, 0.2) is 0 Å². The molecule has 0 aliphatic heterocycles. The number of halogens is 1. The third-order valence-electron chi connectivity index (χ3n) is 1.79. The molecule has 0 amide bonds. The molecule has 3 N–H and O–H groups in total. The molecule has 0 fully saturated rings. The zero-order chi connectivity index (χ0) is 10.6. The fraction of sp³-hybridized carbons (Fsp3) is 0.333. The maximum absolute atomic E-state index is 12.6. The van der Waals surface area contributed by atoms with Crippen molar-refractivity contribution in [2.45, 2.75) is 18.9 Å². The molecule has 0 spiro atoms. The van der Waals surface area contributed by atoms with E-state index in [1.54, 1.807) is 6.07 Å². The lowest BCUT2D eigenvalue weighted by atomic mass is 10.1. The van der Waals surface area contributed by atoms with E-state index in [9.17, 15) is 9.18 Å². The van der Waals surface area contributed by atoms with E-state index >= 15 is 0 Å². The van der Waals surface area contributed by atoms with Crippen molar-refractivity contribution in [2.24, 2.45) is 5.73 Å². The summed E-state index contributed by atoms with van der Waals surface area (Å²) in [5.41, 5.74) is 6.00. The lowest BCUT2D eigenvalue weighted by Crippen LogP contribution is -2.14. The van der Waals surface area contributed by atoms with Gasteiger partial charge in [0.2, 0.25) is 5.95 Å². The number of carboxylic acids is 1. The first-order valence-corrected chi connectivity index (χ1v) is 4.19. The Labute approximate surface area is 80.6 Å². The van der Waals surface area contributed by atoms with E-state index in [0.29, 0.717) is 5.69 Å². The van der Waals surface area contributed by atoms with Crippen LogP contribution in [0.3, 0.4) is 0 Å². The fourth-order valence-corrected chi connectivity index (χ4v) is 1.06. The maximum atomic E-state index is 12.6. The predicted molar refractivity (Wildman–Crippen MR) is 48.0 cm³/mol. The fourth-order valence-electron chi connectivity index (χ4n) is 1.06. The Morgan fingerprint density at radius 1 is 1.64 bits per heavy atom. The van der Waals surface area contributed by atoms with Gasteiger partial charge >= 0.3 is 5.97 Å². The van der Waals surface area contributed by atoms with Crippen LogP contribution in [0.5, 0.6) is 0 Å². The average Bonchev–Trinajstić information content (AvgIpc) is 2.14. The van der Waals surface area contributed by atoms with Gasteiger partial charge in [-0.05, 0) is 18.6 Å². The summed E-state index contributed by atoms with van der Waals surface area (Å²) in [6, 6.07) is 3.77. The van der Waals surface area contributed by atoms with Crippen molar-refractivity contribution in [3.05, 3.63) is 29.8 Å². The summed E-state index contributed by atoms with van der Waals surface area (Å²) in [5.74, 6) is -1.52. The molecule has 1 rings (SSSR count). The van der Waals surface area contributed by atoms with Crippen molar-refractivity contribution >= 4 is 5.97 Å². The number of pyridine rings is 1. The number of carbonyl (C=O) groups is 1. The molecule has 5 heteroatoms. The molecule has 0 radical (unpaired) electrons. The Hall–Kier alpha value is -1.49. The smallest absolute Gasteiger partial charge is 0.303 e. The van der Waals surface area contributed by atoms with Crippen molar-refractivity contribution in [1.82, 2.24) is 4.98 Å². The molecule has 76 valence electrons. The molecule has 1 atom stereocenters. The molecular formula is C9H11FN2O2. The molecule has 1 heterocycles. The number of nitrogens with two attached hydrogens (primary N) is 1. The zero-order valence-corrected chi connectivity index (χ0v) is 7.48. The third kappa shape index (κ3) is 3.10. The van der Waals surface area contributed by atoms with Crippen molar-refractivity contribution in [2.75, 3.05) is 0 Å². The summed E-state index contributed by atoms with van der Waals surface area (Å²) < 4.78 is 12.6. The molecular weight excluding hydrogens is 187 g/mol. The summed E-state index contributed by atoms with van der Waals surface area (Å²) >= 11 is 0. The van der Waals surface area contributed by atoms with Crippen LogP contribution in [0.4, 0.5) is 4.39 Å². The van der Waals surface area contributed by atoms with Gasteiger partial charge < -0.3 is 10.8 Å². The molecule has 1 aromatic rings. The molecule has 14 heavy (non-hydrogen) atoms. The van der Waals surface area contributed by atoms with Crippen LogP contribution < -0.4 is 5.73 Å². The minimum absolute atomic E-state index is 0.0423. The van der Waals surface area contributed by atoms with E-state index in [-0.39, 0.29) is 12.8 Å². The summed E-state index contributed by atoms with van der Waals surface area (Å²) in [7, 11) is 0. The second-order valence-electron chi connectivity index (χ2n) is 2.92. The molecule has 4 nitrogen and oxygen atoms in total. The topological polar surface area (TPSA) is 76.2 Å². The molecule has 0 aromatic carbocycles. The van der Waals surface area contributed by atoms with Gasteiger partial charge in [-0.15, -0.1) is 0 Å². The van der Waals surface area contributed by atoms with Gasteiger partial charge in [-0.25, -0.2) is 4.98 Å². The third-order valence-corrected chi connectivity index (χ3v) is 1.79. The molecule has 0 saturated carbocycles. The van der Waals surface area contributed by atoms with Crippen LogP contribution in [0.1, 0.15) is 24.6 Å². The van der Waals surface area contributed by atoms with Gasteiger partial charge in [0.1, 0.15) is 0 Å². The van der Waals surface area contributed by atoms with Crippen molar-refractivity contribution in [1.29, 1.82) is 0 Å². The van der Waals surface area contributed by atoms with Crippen LogP contribution in [-0.4, -0.2) is 16.1 Å². The Balaban J connectivity index is 2.60. The van der Waals surface area contributed by atoms with Crippen LogP contribution >= 0.6 is 0 Å². The number of nitrogens with zero attached hydrogens (tertiary/aromatic N) is 1. The minimum atomic E-state index is -0.920. The Bertz CT molecular complexity index is 330. The highest BCUT2D eigenvalue weighted by atomic mass is 19.1. The lowest BCUT2D eigenvalue weighted by Gasteiger charge is -2.08. The van der Waals surface area contributed by atoms with Crippen LogP contribution in [-0.2, 0) is 4.79 Å². The SMILES string of the molecule is NC(CCC(=O)O)c1cccc(F)n1. The number of aromatic nitrogens is 1. The van der Waals surface area contributed by atoms with Gasteiger partial charge in [0.25, 0.3) is 0 Å². The van der Waals surface area contributed by atoms with E-state index in [1.807, 2.05) is 0 Å². The van der Waals surface area contributed by atoms with Crippen molar-refractivity contribution < 1.29 is 14.3 Å². The molecule has 1 aromatic heterocycles. The second kappa shape index (κ2) is 4.66. The monoisotopic (exact) mass is 198 g/mol. The van der Waals surface area contributed by atoms with Crippen molar-refractivity contribution in [3.63, 3.8) is 0 Å². The Morgan fingerprint density at radius 2 is 2.36 bits per heavy atom. The normalized spacial score (nSPS) is 12.4. The van der Waals surface area contributed by atoms with Gasteiger partial charge in [-0.1, -0.05) is 6.07 Å². The summed E-state index contributed by atoms with van der Waals surface area (Å²) in [6.07, 6.45) is 0.213. The van der Waals surface area contributed by atoms with Crippen LogP contribution in [0.25, 0.3) is 0 Å². The Morgan fingerprint density at radius 3 is 2.93 bits per heavy atom. The second-order valence-corrected chi connectivity index (χ2v) is 2.92. The van der Waals surface area contributed by atoms with E-state index in [1.165, 1.54) is 12.1 Å². The van der Waals surface area contributed by atoms with Crippen LogP contribution in [0.15, 0.2) is 18.2 Å². The number of carboxylic acid groups (broad SMARTS) is 1. The Kier molecular flexibility index (Phi) is 3.53. The largest absolute Gasteiger partial charge is 0.481 e. The van der Waals surface area contributed by atoms with E-state index in [2.05, 4.69) is 4.98 Å². The summed E-state index contributed by atoms with van der Waals surface area (Å²) in [4.78, 5) is 13.8. The summed E-state index contributed by atoms with van der Waals surface area (Å²) in [6.45, 7) is 0. The van der Waals surface area contributed by atoms with Crippen LogP contribution in [0.2, 0.25) is 0 Å². The first-order valence-electron chi connectivity index (χ1n) is 4.19. The number of rotatable bonds is 4. The average molecular weight is 198 g/mol. The highest BCUT2D eigenvalue weighted by Crippen LogP contribution is 2.13. The highest BCUT2D eigenvalue weighted by molar-refractivity contribution is 5.66. The first kappa shape index (κ1) is 10.6. The van der Waals surface area contributed by atoms with Gasteiger partial charge in [0, 0.05) is 12.5 Å². The molecule has 0 aliphatic carbocycles. The number of hydrogen-bond acceptors (Lipinski definition) is 3. The highest BCUT2D eigenvalue weighted by Gasteiger charge is 2.09. The van der Waals surface area contributed by atoms with Gasteiger partial charge in [-0.3, -0.25) is 4.79 Å². The van der Waals surface area contributed by atoms with E-state index in [4.69, 9.17) is 10.8 Å². The van der Waals surface area contributed by atoms with Crippen molar-refractivity contribution in [3.8, 4) is 0 Å². The summed E-state index contributed by atoms with van der Waals surface area (Å²) in [5, 5.41) is 8.41. The molecule has 0 saturated heterocycles. The molecule has 1 unspecified atom stereocenters. The lowest BCUT2D eigenvalue weighted by molar-refractivity contribution is -0.137. The zero-order valence-electron chi connectivity index (χ0n) is 7.48. The quantitative estimate of drug-likeness (QED) is 0.710. The molecule has 0 bridgehead atoms. The first-order chi connectivity index (χ1) is 6.59. The minimum Gasteiger partial charge on any atom is -0.481 e. The molecule has 0 aliphatic rings. The maximum Gasteiger partial charge on any atom is 0.303 e. The predicted octanol–water partition coefficient (Wildman–Crippen LogP) is 1.09. The van der Waals surface area contributed by atoms with Gasteiger partial charge in [-0.2, -0.15) is 4.39 Å². The number of hydrogen-bond donors (Lipinski definition) is 2. The number of aliphatic carboxylic acids is 1. The standard InChI is InChI=1S/C9H11FN2O2/c10-8-3-1-2-7(12-8)6(11)4-5-9(13)14/h1-3,6H,4-5,11H2,(H,13,14).